The Morgan fingerprint density at radius 3 is 2.31 bits per heavy atom. The van der Waals surface area contributed by atoms with E-state index >= 15 is 0 Å². The molecule has 1 atom stereocenters. The van der Waals surface area contributed by atoms with Crippen LogP contribution in [-0.2, 0) is 9.59 Å². The van der Waals surface area contributed by atoms with E-state index < -0.39 is 6.10 Å². The standard InChI is InChI=1S/C20H24N2O3S/c1-14-5-7-16(8-6-14)21-19(23)13-22(3)20(24)15(2)25-17-9-11-18(26-4)12-10-17/h5-12,15H,13H2,1-4H3,(H,21,23). The lowest BCUT2D eigenvalue weighted by atomic mass is 10.2. The van der Waals surface area contributed by atoms with E-state index in [1.54, 1.807) is 25.7 Å². The molecule has 138 valence electrons. The number of thioether (sulfide) groups is 1. The summed E-state index contributed by atoms with van der Waals surface area (Å²) in [5, 5.41) is 2.78. The number of benzene rings is 2. The van der Waals surface area contributed by atoms with Gasteiger partial charge in [-0.3, -0.25) is 9.59 Å². The minimum absolute atomic E-state index is 0.0359. The van der Waals surface area contributed by atoms with Crippen LogP contribution in [0.2, 0.25) is 0 Å². The molecule has 0 aliphatic carbocycles. The maximum atomic E-state index is 12.4. The molecule has 0 spiro atoms. The molecule has 1 unspecified atom stereocenters. The number of anilines is 1. The smallest absolute Gasteiger partial charge is 0.263 e. The van der Waals surface area contributed by atoms with Crippen molar-refractivity contribution in [3.8, 4) is 5.75 Å². The number of hydrogen-bond acceptors (Lipinski definition) is 4. The maximum absolute atomic E-state index is 12.4. The second-order valence-corrected chi connectivity index (χ2v) is 6.92. The third kappa shape index (κ3) is 5.81. The normalized spacial score (nSPS) is 11.5. The fourth-order valence-corrected chi connectivity index (χ4v) is 2.76. The van der Waals surface area contributed by atoms with E-state index in [1.807, 2.05) is 61.7 Å². The van der Waals surface area contributed by atoms with Gasteiger partial charge >= 0.3 is 0 Å². The lowest BCUT2D eigenvalue weighted by Gasteiger charge is -2.22. The molecule has 0 aliphatic heterocycles. The Bertz CT molecular complexity index is 745. The van der Waals surface area contributed by atoms with Crippen molar-refractivity contribution in [2.24, 2.45) is 0 Å². The molecule has 2 aromatic rings. The van der Waals surface area contributed by atoms with E-state index in [2.05, 4.69) is 5.32 Å². The molecule has 2 rings (SSSR count). The lowest BCUT2D eigenvalue weighted by Crippen LogP contribution is -2.41. The van der Waals surface area contributed by atoms with Crippen LogP contribution in [0.3, 0.4) is 0 Å². The summed E-state index contributed by atoms with van der Waals surface area (Å²) in [4.78, 5) is 27.0. The molecule has 26 heavy (non-hydrogen) atoms. The summed E-state index contributed by atoms with van der Waals surface area (Å²) in [7, 11) is 1.59. The summed E-state index contributed by atoms with van der Waals surface area (Å²) >= 11 is 1.64. The topological polar surface area (TPSA) is 58.6 Å². The predicted molar refractivity (Wildman–Crippen MR) is 106 cm³/mol. The molecule has 2 amide bonds. The number of hydrogen-bond donors (Lipinski definition) is 1. The van der Waals surface area contributed by atoms with Crippen LogP contribution in [0.4, 0.5) is 5.69 Å². The minimum Gasteiger partial charge on any atom is -0.481 e. The number of nitrogens with one attached hydrogen (secondary N) is 1. The molecule has 0 aromatic heterocycles. The van der Waals surface area contributed by atoms with Crippen LogP contribution in [0, 0.1) is 6.92 Å². The molecule has 0 saturated carbocycles. The van der Waals surface area contributed by atoms with Crippen LogP contribution in [0.5, 0.6) is 5.75 Å². The van der Waals surface area contributed by atoms with Gasteiger partial charge in [0.15, 0.2) is 6.10 Å². The van der Waals surface area contributed by atoms with E-state index in [4.69, 9.17) is 4.74 Å². The van der Waals surface area contributed by atoms with Crippen LogP contribution >= 0.6 is 11.8 Å². The zero-order chi connectivity index (χ0) is 19.1. The fraction of sp³-hybridized carbons (Fsp3) is 0.300. The van der Waals surface area contributed by atoms with Gasteiger partial charge in [0.2, 0.25) is 5.91 Å². The van der Waals surface area contributed by atoms with Gasteiger partial charge < -0.3 is 15.0 Å². The van der Waals surface area contributed by atoms with E-state index in [-0.39, 0.29) is 18.4 Å². The monoisotopic (exact) mass is 372 g/mol. The number of carbonyl (C=O) groups excluding carboxylic acids is 2. The highest BCUT2D eigenvalue weighted by atomic mass is 32.2. The van der Waals surface area contributed by atoms with Gasteiger partial charge in [0.05, 0.1) is 6.54 Å². The molecule has 0 saturated heterocycles. The van der Waals surface area contributed by atoms with Crippen molar-refractivity contribution >= 4 is 29.3 Å². The van der Waals surface area contributed by atoms with Gasteiger partial charge in [-0.25, -0.2) is 0 Å². The van der Waals surface area contributed by atoms with Crippen molar-refractivity contribution in [3.63, 3.8) is 0 Å². The molecule has 0 heterocycles. The Balaban J connectivity index is 1.86. The third-order valence-electron chi connectivity index (χ3n) is 3.81. The van der Waals surface area contributed by atoms with Crippen molar-refractivity contribution in [1.29, 1.82) is 0 Å². The summed E-state index contributed by atoms with van der Waals surface area (Å²) in [6, 6.07) is 15.1. The Hall–Kier alpha value is -2.47. The molecule has 0 bridgehead atoms. The van der Waals surface area contributed by atoms with Crippen molar-refractivity contribution in [2.45, 2.75) is 24.8 Å². The average Bonchev–Trinajstić information content (AvgIpc) is 2.63. The Labute approximate surface area is 158 Å². The van der Waals surface area contributed by atoms with Gasteiger partial charge in [0, 0.05) is 17.6 Å². The minimum atomic E-state index is -0.674. The number of amides is 2. The molecule has 1 N–H and O–H groups in total. The molecular formula is C20H24N2O3S. The number of nitrogens with zero attached hydrogens (tertiary/aromatic N) is 1. The van der Waals surface area contributed by atoms with Gasteiger partial charge in [0.25, 0.3) is 5.91 Å². The second kappa shape index (κ2) is 9.29. The van der Waals surface area contributed by atoms with E-state index in [1.165, 1.54) is 4.90 Å². The summed E-state index contributed by atoms with van der Waals surface area (Å²) in [6.45, 7) is 3.62. The summed E-state index contributed by atoms with van der Waals surface area (Å²) in [5.41, 5.74) is 1.83. The van der Waals surface area contributed by atoms with Crippen LogP contribution in [0.15, 0.2) is 53.4 Å². The van der Waals surface area contributed by atoms with Crippen LogP contribution in [0.1, 0.15) is 12.5 Å². The molecule has 2 aromatic carbocycles. The quantitative estimate of drug-likeness (QED) is 0.755. The third-order valence-corrected chi connectivity index (χ3v) is 4.56. The molecule has 6 heteroatoms. The average molecular weight is 372 g/mol. The van der Waals surface area contributed by atoms with Gasteiger partial charge in [-0.1, -0.05) is 17.7 Å². The molecule has 0 fully saturated rings. The first kappa shape index (κ1) is 19.8. The predicted octanol–water partition coefficient (Wildman–Crippen LogP) is 3.58. The lowest BCUT2D eigenvalue weighted by molar-refractivity contribution is -0.139. The van der Waals surface area contributed by atoms with E-state index in [9.17, 15) is 9.59 Å². The number of aryl methyl sites for hydroxylation is 1. The van der Waals surface area contributed by atoms with Gasteiger partial charge in [0.1, 0.15) is 5.75 Å². The van der Waals surface area contributed by atoms with Crippen LogP contribution < -0.4 is 10.1 Å². The zero-order valence-corrected chi connectivity index (χ0v) is 16.3. The maximum Gasteiger partial charge on any atom is 0.263 e. The first-order valence-electron chi connectivity index (χ1n) is 8.31. The van der Waals surface area contributed by atoms with Gasteiger partial charge in [-0.15, -0.1) is 11.8 Å². The number of carbonyl (C=O) groups is 2. The SMILES string of the molecule is CSc1ccc(OC(C)C(=O)N(C)CC(=O)Nc2ccc(C)cc2)cc1. The van der Waals surface area contributed by atoms with Gasteiger partial charge in [-0.2, -0.15) is 0 Å². The highest BCUT2D eigenvalue weighted by Crippen LogP contribution is 2.20. The summed E-state index contributed by atoms with van der Waals surface area (Å²) < 4.78 is 5.68. The van der Waals surface area contributed by atoms with Gasteiger partial charge in [-0.05, 0) is 56.5 Å². The first-order chi connectivity index (χ1) is 12.4. The largest absolute Gasteiger partial charge is 0.481 e. The first-order valence-corrected chi connectivity index (χ1v) is 9.53. The van der Waals surface area contributed by atoms with E-state index in [0.717, 1.165) is 10.5 Å². The van der Waals surface area contributed by atoms with Crippen molar-refractivity contribution in [2.75, 3.05) is 25.2 Å². The van der Waals surface area contributed by atoms with Crippen molar-refractivity contribution in [1.82, 2.24) is 4.90 Å². The Morgan fingerprint density at radius 1 is 1.12 bits per heavy atom. The van der Waals surface area contributed by atoms with E-state index in [0.29, 0.717) is 11.4 Å². The molecule has 5 nitrogen and oxygen atoms in total. The number of ether oxygens (including phenoxy) is 1. The summed E-state index contributed by atoms with van der Waals surface area (Å²) in [6.07, 6.45) is 1.32. The second-order valence-electron chi connectivity index (χ2n) is 6.04. The van der Waals surface area contributed by atoms with Crippen LogP contribution in [0.25, 0.3) is 0 Å². The zero-order valence-electron chi connectivity index (χ0n) is 15.5. The molecule has 0 aliphatic rings. The highest BCUT2D eigenvalue weighted by Gasteiger charge is 2.21. The van der Waals surface area contributed by atoms with Crippen molar-refractivity contribution < 1.29 is 14.3 Å². The summed E-state index contributed by atoms with van der Waals surface area (Å²) in [5.74, 6) is 0.125. The molecule has 0 radical (unpaired) electrons. The molecular weight excluding hydrogens is 348 g/mol. The number of rotatable bonds is 7. The van der Waals surface area contributed by atoms with Crippen LogP contribution in [-0.4, -0.2) is 42.7 Å². The Morgan fingerprint density at radius 2 is 1.73 bits per heavy atom. The number of likely N-dealkylation sites (N-methyl/N-ethyl adjacent to an activating group) is 1. The highest BCUT2D eigenvalue weighted by molar-refractivity contribution is 7.98. The van der Waals surface area contributed by atoms with Crippen molar-refractivity contribution in [3.05, 3.63) is 54.1 Å². The Kier molecular flexibility index (Phi) is 7.09. The fourth-order valence-electron chi connectivity index (χ4n) is 2.35.